The van der Waals surface area contributed by atoms with Gasteiger partial charge in [-0.1, -0.05) is 163 Å². The van der Waals surface area contributed by atoms with Crippen LogP contribution in [0.3, 0.4) is 0 Å². The highest BCUT2D eigenvalue weighted by Gasteiger charge is 2.25. The lowest BCUT2D eigenvalue weighted by Crippen LogP contribution is -2.06. The molecule has 0 aliphatic heterocycles. The molecule has 51 heavy (non-hydrogen) atoms. The predicted molar refractivity (Wildman–Crippen MR) is 213 cm³/mol. The van der Waals surface area contributed by atoms with Crippen LogP contribution in [0, 0.1) is 0 Å². The molecule has 8 aromatic carbocycles. The highest BCUT2D eigenvalue weighted by Crippen LogP contribution is 2.45. The molecule has 2 heterocycles. The third-order valence-electron chi connectivity index (χ3n) is 8.05. The van der Waals surface area contributed by atoms with Crippen LogP contribution in [0.4, 0.5) is 0 Å². The van der Waals surface area contributed by atoms with Crippen molar-refractivity contribution in [2.75, 3.05) is 0 Å². The zero-order valence-corrected chi connectivity index (χ0v) is 25.4. The molecule has 10 rings (SSSR count). The first-order valence-corrected chi connectivity index (χ1v) is 14.9. The molecule has 10 aromatic rings. The molecular weight excluding hydrogens is 619 g/mol. The van der Waals surface area contributed by atoms with Gasteiger partial charge in [-0.25, -0.2) is 0 Å². The average molecular weight is 684 g/mol. The second-order valence-electron chi connectivity index (χ2n) is 10.8. The largest absolute Gasteiger partial charge is 0.455 e. The van der Waals surface area contributed by atoms with E-state index in [2.05, 4.69) is 0 Å². The fraction of sp³-hybridized carbons (Fsp3) is 0.0204. The number of hydrogen-bond donors (Lipinski definition) is 0. The van der Waals surface area contributed by atoms with E-state index in [-0.39, 0.29) is 0 Å². The molecule has 0 aliphatic carbocycles. The Morgan fingerprint density at radius 2 is 1.00 bits per heavy atom. The van der Waals surface area contributed by atoms with Crippen molar-refractivity contribution in [3.63, 3.8) is 0 Å². The number of fused-ring (bicyclic) bond motifs is 6. The van der Waals surface area contributed by atoms with Gasteiger partial charge in [0.2, 0.25) is 0 Å². The highest BCUT2D eigenvalue weighted by atomic mass is 16.3. The van der Waals surface area contributed by atoms with Gasteiger partial charge in [-0.3, -0.25) is 0 Å². The summed E-state index contributed by atoms with van der Waals surface area (Å²) in [7, 11) is 0. The predicted octanol–water partition coefficient (Wildman–Crippen LogP) is 13.2. The molecule has 0 N–H and O–H groups in total. The summed E-state index contributed by atoms with van der Waals surface area (Å²) in [5, 5.41) is -2.49. The third-order valence-corrected chi connectivity index (χ3v) is 8.05. The molecule has 2 aromatic heterocycles. The summed E-state index contributed by atoms with van der Waals surface area (Å²) in [5.41, 5.74) is -11.0. The molecule has 1 atom stereocenters. The van der Waals surface area contributed by atoms with Gasteiger partial charge in [0.1, 0.15) is 11.2 Å². The van der Waals surface area contributed by atoms with Crippen LogP contribution in [0.25, 0.3) is 71.7 Å². The zero-order chi connectivity index (χ0) is 61.6. The Kier molecular flexibility index (Phi) is 2.70. The SMILES string of the molecule is [2H]c1c([2H])c([2H])c(-c2c([2H])c([2H])c(C(c3c([2H])c([2H])c([2H])c([2H])c3[2H])c3c([2H])c([2H])c4c(oc5c([2H])c([2H])c([2H])c([2H])c54)c3-c3c([2H])c([2H])c([2H])c(-n4c5c([2H])c([2H])c([2H])c([2H])c5c5c([2H])c([2H])c([2H])c([2H])c54)c3[2H])c([2H])c2[2H])c([2H])c1[2H]. The summed E-state index contributed by atoms with van der Waals surface area (Å²) in [6.07, 6.45) is 0. The number of hydrogen-bond acceptors (Lipinski definition) is 1. The normalized spacial score (nSPS) is 21.0. The Bertz CT molecular complexity index is 4550. The van der Waals surface area contributed by atoms with Crippen LogP contribution in [-0.4, -0.2) is 4.57 Å². The summed E-state index contributed by atoms with van der Waals surface area (Å²) in [4.78, 5) is 0. The summed E-state index contributed by atoms with van der Waals surface area (Å²) in [5.74, 6) is -2.61. The van der Waals surface area contributed by atoms with E-state index in [1.807, 2.05) is 0 Å². The molecule has 240 valence electrons. The molecule has 2 heteroatoms. The quantitative estimate of drug-likeness (QED) is 0.160. The van der Waals surface area contributed by atoms with E-state index in [1.54, 1.807) is 0 Å². The van der Waals surface area contributed by atoms with Gasteiger partial charge in [0.15, 0.2) is 0 Å². The highest BCUT2D eigenvalue weighted by molar-refractivity contribution is 6.11. The Morgan fingerprint density at radius 1 is 0.431 bits per heavy atom. The molecule has 0 bridgehead atoms. The van der Waals surface area contributed by atoms with Crippen molar-refractivity contribution in [3.8, 4) is 27.9 Å². The van der Waals surface area contributed by atoms with E-state index in [0.717, 1.165) is 0 Å². The zero-order valence-electron chi connectivity index (χ0n) is 57.4. The average Bonchev–Trinajstić information content (AvgIpc) is 1.75. The molecule has 0 saturated carbocycles. The topological polar surface area (TPSA) is 18.1 Å². The molecule has 0 amide bonds. The van der Waals surface area contributed by atoms with Crippen LogP contribution in [0.5, 0.6) is 0 Å². The molecule has 2 nitrogen and oxygen atoms in total. The van der Waals surface area contributed by atoms with E-state index < -0.39 is 288 Å². The molecule has 0 fully saturated rings. The van der Waals surface area contributed by atoms with Crippen LogP contribution in [-0.2, 0) is 0 Å². The molecule has 1 unspecified atom stereocenters. The van der Waals surface area contributed by atoms with Gasteiger partial charge in [-0.15, -0.1) is 0 Å². The standard InChI is InChI=1S/C49H33NO/c1-3-14-33(15-4-1)34-26-28-36(29-27-34)47(35-16-5-2-6-17-35)43-31-30-42-41-22-9-12-25-46(41)51-49(42)48(43)37-18-13-19-38(32-37)50-44-23-10-7-20-39(44)40-21-8-11-24-45(40)50/h1-32,47H/i1D,2D,3D,4D,5D,6D,7D,8D,9D,10D,11D,12D,13D,14D,15D,16D,17D,18D,19D,20D,21D,22D,23D,24D,25D,26D,27D,28D,29D,30D,31D,32D. The van der Waals surface area contributed by atoms with E-state index >= 15 is 0 Å². The first-order chi connectivity index (χ1) is 38.6. The van der Waals surface area contributed by atoms with Gasteiger partial charge in [-0.05, 0) is 63.6 Å². The van der Waals surface area contributed by atoms with Crippen molar-refractivity contribution in [1.29, 1.82) is 0 Å². The summed E-state index contributed by atoms with van der Waals surface area (Å²) in [6, 6.07) is -33.5. The van der Waals surface area contributed by atoms with E-state index in [1.165, 1.54) is 0 Å². The van der Waals surface area contributed by atoms with Crippen molar-refractivity contribution in [2.24, 2.45) is 0 Å². The molecule has 0 radical (unpaired) electrons. The van der Waals surface area contributed by atoms with Gasteiger partial charge in [0.25, 0.3) is 0 Å². The number of rotatable bonds is 6. The van der Waals surface area contributed by atoms with Crippen LogP contribution in [0.15, 0.2) is 198 Å². The number of benzene rings is 8. The minimum atomic E-state index is -2.61. The molecule has 0 aliphatic rings. The number of furan rings is 1. The van der Waals surface area contributed by atoms with Gasteiger partial charge in [0.05, 0.1) is 54.9 Å². The minimum absolute atomic E-state index is 0.577. The van der Waals surface area contributed by atoms with E-state index in [0.29, 0.717) is 4.57 Å². The monoisotopic (exact) mass is 683 g/mol. The number of aromatic nitrogens is 1. The van der Waals surface area contributed by atoms with E-state index in [9.17, 15) is 16.4 Å². The van der Waals surface area contributed by atoms with Crippen LogP contribution in [0.1, 0.15) is 66.5 Å². The maximum Gasteiger partial charge on any atom is 0.143 e. The Labute approximate surface area is 341 Å². The Hall–Kier alpha value is -6.64. The second kappa shape index (κ2) is 12.0. The lowest BCUT2D eigenvalue weighted by Gasteiger charge is -2.23. The van der Waals surface area contributed by atoms with Gasteiger partial charge < -0.3 is 8.98 Å². The van der Waals surface area contributed by atoms with Gasteiger partial charge in [0, 0.05) is 38.7 Å². The molecular formula is C49H33NO. The maximum absolute atomic E-state index is 10.2. The van der Waals surface area contributed by atoms with Gasteiger partial charge in [-0.2, -0.15) is 0 Å². The molecule has 0 saturated heterocycles. The fourth-order valence-corrected chi connectivity index (χ4v) is 5.91. The van der Waals surface area contributed by atoms with E-state index in [4.69, 9.17) is 31.8 Å². The maximum atomic E-state index is 10.2. The number of nitrogens with zero attached hydrogens (tertiary/aromatic N) is 1. The van der Waals surface area contributed by atoms with Crippen molar-refractivity contribution < 1.29 is 48.3 Å². The Balaban J connectivity index is 1.52. The van der Waals surface area contributed by atoms with Crippen LogP contribution in [0.2, 0.25) is 0 Å². The first-order valence-electron chi connectivity index (χ1n) is 30.9. The van der Waals surface area contributed by atoms with Crippen molar-refractivity contribution in [1.82, 2.24) is 4.57 Å². The first kappa shape index (κ1) is 11.4. The van der Waals surface area contributed by atoms with Gasteiger partial charge >= 0.3 is 0 Å². The Morgan fingerprint density at radius 3 is 1.73 bits per heavy atom. The minimum Gasteiger partial charge on any atom is -0.455 e. The summed E-state index contributed by atoms with van der Waals surface area (Å²) < 4.78 is 296. The summed E-state index contributed by atoms with van der Waals surface area (Å²) in [6.45, 7) is 0. The second-order valence-corrected chi connectivity index (χ2v) is 10.8. The smallest absolute Gasteiger partial charge is 0.143 e. The van der Waals surface area contributed by atoms with Crippen molar-refractivity contribution in [2.45, 2.75) is 5.92 Å². The lowest BCUT2D eigenvalue weighted by molar-refractivity contribution is 0.669. The van der Waals surface area contributed by atoms with Crippen LogP contribution < -0.4 is 0 Å². The third kappa shape index (κ3) is 4.87. The molecule has 0 spiro atoms. The van der Waals surface area contributed by atoms with Crippen molar-refractivity contribution in [3.05, 3.63) is 210 Å². The number of para-hydroxylation sites is 3. The fourth-order valence-electron chi connectivity index (χ4n) is 5.91. The lowest BCUT2D eigenvalue weighted by atomic mass is 9.80. The van der Waals surface area contributed by atoms with Crippen LogP contribution >= 0.6 is 0 Å². The summed E-state index contributed by atoms with van der Waals surface area (Å²) >= 11 is 0. The van der Waals surface area contributed by atoms with Crippen molar-refractivity contribution >= 4 is 43.7 Å².